The maximum Gasteiger partial charge on any atom is 0.253 e. The first-order valence-corrected chi connectivity index (χ1v) is 8.49. The van der Waals surface area contributed by atoms with Crippen molar-refractivity contribution < 1.29 is 9.90 Å². The predicted molar refractivity (Wildman–Crippen MR) is 92.7 cm³/mol. The summed E-state index contributed by atoms with van der Waals surface area (Å²) in [5.74, 6) is 0.711. The number of hydrogen-bond donors (Lipinski definition) is 1. The first-order valence-electron chi connectivity index (χ1n) is 8.49. The highest BCUT2D eigenvalue weighted by molar-refractivity contribution is 5.95. The quantitative estimate of drug-likeness (QED) is 0.938. The zero-order chi connectivity index (χ0) is 17.1. The third kappa shape index (κ3) is 3.62. The second-order valence-electron chi connectivity index (χ2n) is 6.32. The number of carbonyl (C=O) groups is 1. The van der Waals surface area contributed by atoms with Crippen LogP contribution in [0.3, 0.4) is 0 Å². The van der Waals surface area contributed by atoms with Gasteiger partial charge in [0.1, 0.15) is 5.82 Å². The fourth-order valence-electron chi connectivity index (χ4n) is 3.08. The molecule has 24 heavy (non-hydrogen) atoms. The van der Waals surface area contributed by atoms with Gasteiger partial charge in [-0.15, -0.1) is 0 Å². The second-order valence-corrected chi connectivity index (χ2v) is 6.32. The molecule has 1 saturated heterocycles. The summed E-state index contributed by atoms with van der Waals surface area (Å²) in [6.45, 7) is 5.04. The molecule has 3 rings (SSSR count). The Balaban J connectivity index is 1.89. The minimum Gasteiger partial charge on any atom is -0.391 e. The smallest absolute Gasteiger partial charge is 0.253 e. The number of benzene rings is 1. The number of amides is 1. The average Bonchev–Trinajstić information content (AvgIpc) is 3.00. The molecule has 1 atom stereocenters. The van der Waals surface area contributed by atoms with Crippen LogP contribution in [-0.4, -0.2) is 45.1 Å². The summed E-state index contributed by atoms with van der Waals surface area (Å²) < 4.78 is 0. The van der Waals surface area contributed by atoms with E-state index >= 15 is 0 Å². The van der Waals surface area contributed by atoms with Gasteiger partial charge in [0.05, 0.1) is 11.8 Å². The monoisotopic (exact) mass is 325 g/mol. The summed E-state index contributed by atoms with van der Waals surface area (Å²) >= 11 is 0. The summed E-state index contributed by atoms with van der Waals surface area (Å²) in [5, 5.41) is 9.63. The minimum atomic E-state index is -0.404. The number of aliphatic hydroxyl groups excluding tert-OH is 1. The van der Waals surface area contributed by atoms with Gasteiger partial charge in [0.25, 0.3) is 5.91 Å². The van der Waals surface area contributed by atoms with E-state index in [1.807, 2.05) is 37.3 Å². The Morgan fingerprint density at radius 2 is 2.17 bits per heavy atom. The van der Waals surface area contributed by atoms with Crippen molar-refractivity contribution in [1.29, 1.82) is 0 Å². The molecule has 0 aliphatic carbocycles. The Labute approximate surface area is 142 Å². The number of likely N-dealkylation sites (tertiary alicyclic amines) is 1. The molecule has 1 aliphatic heterocycles. The molecule has 0 saturated carbocycles. The van der Waals surface area contributed by atoms with Crippen LogP contribution < -0.4 is 0 Å². The molecule has 1 aromatic heterocycles. The minimum absolute atomic E-state index is 0.0343. The largest absolute Gasteiger partial charge is 0.391 e. The van der Waals surface area contributed by atoms with Crippen LogP contribution in [-0.2, 0) is 6.42 Å². The highest BCUT2D eigenvalue weighted by Gasteiger charge is 2.25. The lowest BCUT2D eigenvalue weighted by Crippen LogP contribution is -2.29. The number of nitrogens with zero attached hydrogens (tertiary/aromatic N) is 3. The number of aromatic nitrogens is 2. The second kappa shape index (κ2) is 7.09. The van der Waals surface area contributed by atoms with Gasteiger partial charge in [0.2, 0.25) is 0 Å². The van der Waals surface area contributed by atoms with E-state index < -0.39 is 6.10 Å². The van der Waals surface area contributed by atoms with Crippen molar-refractivity contribution in [2.75, 3.05) is 13.1 Å². The zero-order valence-corrected chi connectivity index (χ0v) is 14.2. The van der Waals surface area contributed by atoms with E-state index in [-0.39, 0.29) is 5.91 Å². The Morgan fingerprint density at radius 1 is 1.33 bits per heavy atom. The molecule has 1 fully saturated rings. The molecule has 2 aromatic rings. The molecular weight excluding hydrogens is 302 g/mol. The van der Waals surface area contributed by atoms with Crippen molar-refractivity contribution in [1.82, 2.24) is 14.9 Å². The van der Waals surface area contributed by atoms with Gasteiger partial charge in [-0.1, -0.05) is 25.5 Å². The average molecular weight is 325 g/mol. The molecule has 0 spiro atoms. The van der Waals surface area contributed by atoms with Crippen molar-refractivity contribution >= 4 is 5.91 Å². The Bertz CT molecular complexity index is 745. The molecule has 5 heteroatoms. The maximum absolute atomic E-state index is 12.6. The van der Waals surface area contributed by atoms with E-state index in [1.165, 1.54) is 0 Å². The topological polar surface area (TPSA) is 66.3 Å². The summed E-state index contributed by atoms with van der Waals surface area (Å²) in [6.07, 6.45) is 2.20. The summed E-state index contributed by atoms with van der Waals surface area (Å²) in [4.78, 5) is 23.3. The molecule has 1 N–H and O–H groups in total. The molecule has 1 aliphatic rings. The van der Waals surface area contributed by atoms with Crippen molar-refractivity contribution in [2.24, 2.45) is 0 Å². The van der Waals surface area contributed by atoms with Crippen LogP contribution in [0.4, 0.5) is 0 Å². The lowest BCUT2D eigenvalue weighted by Gasteiger charge is -2.16. The highest BCUT2D eigenvalue weighted by atomic mass is 16.3. The molecule has 126 valence electrons. The molecular formula is C19H23N3O2. The Hall–Kier alpha value is -2.27. The number of β-amino-alcohol motifs (C(OH)–C–C–N with tert-alkyl or cyclic N) is 1. The first kappa shape index (κ1) is 16.6. The van der Waals surface area contributed by atoms with Gasteiger partial charge in [0.15, 0.2) is 0 Å². The fourth-order valence-corrected chi connectivity index (χ4v) is 3.08. The molecule has 0 unspecified atom stereocenters. The van der Waals surface area contributed by atoms with Gasteiger partial charge >= 0.3 is 0 Å². The fraction of sp³-hybridized carbons (Fsp3) is 0.421. The van der Waals surface area contributed by atoms with Crippen LogP contribution >= 0.6 is 0 Å². The molecule has 1 aromatic carbocycles. The van der Waals surface area contributed by atoms with Crippen molar-refractivity contribution in [3.8, 4) is 11.3 Å². The normalized spacial score (nSPS) is 17.3. The van der Waals surface area contributed by atoms with Crippen LogP contribution in [0, 0.1) is 6.92 Å². The van der Waals surface area contributed by atoms with Crippen LogP contribution in [0.25, 0.3) is 11.3 Å². The van der Waals surface area contributed by atoms with Crippen LogP contribution in [0.1, 0.15) is 41.6 Å². The molecule has 2 heterocycles. The van der Waals surface area contributed by atoms with Gasteiger partial charge in [-0.25, -0.2) is 9.97 Å². The third-order valence-electron chi connectivity index (χ3n) is 4.25. The van der Waals surface area contributed by atoms with E-state index in [4.69, 9.17) is 0 Å². The van der Waals surface area contributed by atoms with Gasteiger partial charge < -0.3 is 10.0 Å². The summed E-state index contributed by atoms with van der Waals surface area (Å²) in [7, 11) is 0. The molecule has 5 nitrogen and oxygen atoms in total. The standard InChI is InChI=1S/C19H23N3O2/c1-3-5-16-11-18(21-13(2)20-16)14-6-4-7-15(10-14)19(24)22-9-8-17(23)12-22/h4,6-7,10-11,17,23H,3,5,8-9,12H2,1-2H3/t17-/m1/s1. The van der Waals surface area contributed by atoms with Gasteiger partial charge in [-0.2, -0.15) is 0 Å². The van der Waals surface area contributed by atoms with Crippen LogP contribution in [0.15, 0.2) is 30.3 Å². The van der Waals surface area contributed by atoms with E-state index in [9.17, 15) is 9.90 Å². The van der Waals surface area contributed by atoms with E-state index in [0.29, 0.717) is 25.1 Å². The van der Waals surface area contributed by atoms with E-state index in [1.54, 1.807) is 4.90 Å². The highest BCUT2D eigenvalue weighted by Crippen LogP contribution is 2.22. The van der Waals surface area contributed by atoms with E-state index in [0.717, 1.165) is 35.6 Å². The first-order chi connectivity index (χ1) is 11.6. The molecule has 0 radical (unpaired) electrons. The van der Waals surface area contributed by atoms with Crippen molar-refractivity contribution in [2.45, 2.75) is 39.2 Å². The van der Waals surface area contributed by atoms with Crippen LogP contribution in [0.2, 0.25) is 0 Å². The maximum atomic E-state index is 12.6. The molecule has 1 amide bonds. The number of carbonyl (C=O) groups excluding carboxylic acids is 1. The van der Waals surface area contributed by atoms with Gasteiger partial charge in [-0.05, 0) is 38.0 Å². The summed E-state index contributed by atoms with van der Waals surface area (Å²) in [5.41, 5.74) is 3.43. The van der Waals surface area contributed by atoms with Gasteiger partial charge in [0, 0.05) is 29.9 Å². The molecule has 0 bridgehead atoms. The van der Waals surface area contributed by atoms with Gasteiger partial charge in [-0.3, -0.25) is 4.79 Å². The Kier molecular flexibility index (Phi) is 4.90. The number of aryl methyl sites for hydroxylation is 2. The third-order valence-corrected chi connectivity index (χ3v) is 4.25. The van der Waals surface area contributed by atoms with Crippen molar-refractivity contribution in [3.05, 3.63) is 47.4 Å². The van der Waals surface area contributed by atoms with Crippen LogP contribution in [0.5, 0.6) is 0 Å². The number of rotatable bonds is 4. The SMILES string of the molecule is CCCc1cc(-c2cccc(C(=O)N3CC[C@@H](O)C3)c2)nc(C)n1. The lowest BCUT2D eigenvalue weighted by molar-refractivity contribution is 0.0765. The number of hydrogen-bond acceptors (Lipinski definition) is 4. The predicted octanol–water partition coefficient (Wildman–Crippen LogP) is 2.61. The Morgan fingerprint density at radius 3 is 2.88 bits per heavy atom. The number of aliphatic hydroxyl groups is 1. The summed E-state index contributed by atoms with van der Waals surface area (Å²) in [6, 6.07) is 9.54. The lowest BCUT2D eigenvalue weighted by atomic mass is 10.1. The zero-order valence-electron chi connectivity index (χ0n) is 14.2. The van der Waals surface area contributed by atoms with E-state index in [2.05, 4.69) is 16.9 Å². The van der Waals surface area contributed by atoms with Crippen molar-refractivity contribution in [3.63, 3.8) is 0 Å².